The Labute approximate surface area is 42.6 Å². The summed E-state index contributed by atoms with van der Waals surface area (Å²) in [4.78, 5) is 0. The summed E-state index contributed by atoms with van der Waals surface area (Å²) < 4.78 is 0. The largest absolute Gasteiger partial charge is 0.304 e. The van der Waals surface area contributed by atoms with Gasteiger partial charge in [-0.1, -0.05) is 0 Å². The Hall–Kier alpha value is -0.530. The van der Waals surface area contributed by atoms with Crippen molar-refractivity contribution in [2.75, 3.05) is 0 Å². The molecule has 1 spiro atoms. The highest BCUT2D eigenvalue weighted by Gasteiger charge is 2.43. The van der Waals surface area contributed by atoms with E-state index in [0.717, 1.165) is 6.42 Å². The molecule has 0 bridgehead atoms. The molecule has 1 heterocycles. The van der Waals surface area contributed by atoms with Gasteiger partial charge >= 0.3 is 0 Å². The monoisotopic (exact) mass is 96.1 g/mol. The van der Waals surface area contributed by atoms with Crippen LogP contribution in [0, 0.1) is 0 Å². The van der Waals surface area contributed by atoms with Crippen LogP contribution in [0.15, 0.2) is 5.10 Å². The minimum Gasteiger partial charge on any atom is -0.304 e. The van der Waals surface area contributed by atoms with Crippen molar-refractivity contribution in [3.05, 3.63) is 0 Å². The van der Waals surface area contributed by atoms with Gasteiger partial charge in [0.1, 0.15) is 0 Å². The second-order valence-corrected chi connectivity index (χ2v) is 2.41. The molecule has 2 heteroatoms. The molecule has 38 valence electrons. The van der Waals surface area contributed by atoms with E-state index in [-0.39, 0.29) is 0 Å². The zero-order valence-electron chi connectivity index (χ0n) is 4.15. The topological polar surface area (TPSA) is 24.4 Å². The molecule has 2 rings (SSSR count). The van der Waals surface area contributed by atoms with E-state index in [1.54, 1.807) is 0 Å². The van der Waals surface area contributed by atoms with E-state index < -0.39 is 0 Å². The van der Waals surface area contributed by atoms with E-state index >= 15 is 0 Å². The molecule has 2 aliphatic rings. The number of nitrogens with zero attached hydrogens (tertiary/aromatic N) is 1. The van der Waals surface area contributed by atoms with Gasteiger partial charge in [-0.15, -0.1) is 0 Å². The van der Waals surface area contributed by atoms with E-state index in [0.29, 0.717) is 5.54 Å². The van der Waals surface area contributed by atoms with E-state index in [2.05, 4.69) is 10.5 Å². The Balaban J connectivity index is 2.14. The molecule has 1 aliphatic heterocycles. The number of hydrogen-bond donors (Lipinski definition) is 1. The predicted octanol–water partition coefficient (Wildman–Crippen LogP) is 0.498. The van der Waals surface area contributed by atoms with Crippen LogP contribution < -0.4 is 5.43 Å². The molecular weight excluding hydrogens is 88.1 g/mol. The van der Waals surface area contributed by atoms with Crippen LogP contribution in [0.5, 0.6) is 0 Å². The SMILES string of the molecule is C1=NNC2(C1)CC2. The van der Waals surface area contributed by atoms with Gasteiger partial charge in [-0.05, 0) is 12.8 Å². The molecule has 0 unspecified atom stereocenters. The summed E-state index contributed by atoms with van der Waals surface area (Å²) in [6, 6.07) is 0. The first kappa shape index (κ1) is 3.47. The lowest BCUT2D eigenvalue weighted by Crippen LogP contribution is -2.19. The Morgan fingerprint density at radius 3 is 2.71 bits per heavy atom. The van der Waals surface area contributed by atoms with Crippen molar-refractivity contribution in [3.8, 4) is 0 Å². The fourth-order valence-electron chi connectivity index (χ4n) is 0.915. The maximum atomic E-state index is 3.92. The third kappa shape index (κ3) is 0.363. The summed E-state index contributed by atoms with van der Waals surface area (Å²) in [6.07, 6.45) is 5.78. The van der Waals surface area contributed by atoms with Crippen molar-refractivity contribution in [3.63, 3.8) is 0 Å². The lowest BCUT2D eigenvalue weighted by Gasteiger charge is -2.00. The summed E-state index contributed by atoms with van der Waals surface area (Å²) >= 11 is 0. The molecule has 0 aromatic rings. The van der Waals surface area contributed by atoms with Gasteiger partial charge in [0, 0.05) is 12.6 Å². The van der Waals surface area contributed by atoms with Gasteiger partial charge in [0.15, 0.2) is 0 Å². The molecule has 1 fully saturated rings. The van der Waals surface area contributed by atoms with Gasteiger partial charge in [-0.3, -0.25) is 0 Å². The van der Waals surface area contributed by atoms with Gasteiger partial charge in [0.25, 0.3) is 0 Å². The third-order valence-corrected chi connectivity index (χ3v) is 1.73. The van der Waals surface area contributed by atoms with E-state index in [9.17, 15) is 0 Å². The fraction of sp³-hybridized carbons (Fsp3) is 0.800. The molecule has 1 saturated carbocycles. The van der Waals surface area contributed by atoms with E-state index in [1.807, 2.05) is 6.21 Å². The van der Waals surface area contributed by atoms with Gasteiger partial charge in [-0.25, -0.2) is 0 Å². The molecule has 1 N–H and O–H groups in total. The lowest BCUT2D eigenvalue weighted by atomic mass is 10.2. The first-order valence-electron chi connectivity index (χ1n) is 2.70. The fourth-order valence-corrected chi connectivity index (χ4v) is 0.915. The summed E-state index contributed by atoms with van der Waals surface area (Å²) in [6.45, 7) is 0. The highest BCUT2D eigenvalue weighted by atomic mass is 15.4. The van der Waals surface area contributed by atoms with Crippen LogP contribution in [-0.2, 0) is 0 Å². The van der Waals surface area contributed by atoms with Crippen LogP contribution in [0.25, 0.3) is 0 Å². The molecular formula is C5H8N2. The number of hydrazone groups is 1. The number of rotatable bonds is 0. The first-order chi connectivity index (χ1) is 3.41. The third-order valence-electron chi connectivity index (χ3n) is 1.73. The maximum absolute atomic E-state index is 3.92. The summed E-state index contributed by atoms with van der Waals surface area (Å²) in [5.74, 6) is 0. The average molecular weight is 96.1 g/mol. The zero-order valence-corrected chi connectivity index (χ0v) is 4.15. The molecule has 1 aliphatic carbocycles. The van der Waals surface area contributed by atoms with Crippen molar-refractivity contribution in [2.45, 2.75) is 24.8 Å². The molecule has 0 saturated heterocycles. The second-order valence-electron chi connectivity index (χ2n) is 2.41. The minimum absolute atomic E-state index is 0.472. The van der Waals surface area contributed by atoms with E-state index in [1.165, 1.54) is 12.8 Å². The van der Waals surface area contributed by atoms with Crippen molar-refractivity contribution in [2.24, 2.45) is 5.10 Å². The Bertz CT molecular complexity index is 103. The first-order valence-corrected chi connectivity index (χ1v) is 2.70. The highest BCUT2D eigenvalue weighted by molar-refractivity contribution is 5.62. The molecule has 0 amide bonds. The molecule has 0 aromatic carbocycles. The van der Waals surface area contributed by atoms with Gasteiger partial charge in [0.2, 0.25) is 0 Å². The average Bonchev–Trinajstić information content (AvgIpc) is 2.15. The van der Waals surface area contributed by atoms with Crippen molar-refractivity contribution < 1.29 is 0 Å². The van der Waals surface area contributed by atoms with Gasteiger partial charge in [0.05, 0.1) is 5.54 Å². The Kier molecular flexibility index (Phi) is 0.412. The molecule has 0 radical (unpaired) electrons. The molecule has 0 aromatic heterocycles. The molecule has 7 heavy (non-hydrogen) atoms. The van der Waals surface area contributed by atoms with Crippen LogP contribution in [0.1, 0.15) is 19.3 Å². The standard InChI is InChI=1S/C5H8N2/c1-2-5(1)3-4-6-7-5/h4,7H,1-3H2. The zero-order chi connectivity index (χ0) is 4.74. The Morgan fingerprint density at radius 1 is 1.57 bits per heavy atom. The normalized spacial score (nSPS) is 30.9. The van der Waals surface area contributed by atoms with Crippen LogP contribution in [-0.4, -0.2) is 11.8 Å². The number of hydrogen-bond acceptors (Lipinski definition) is 2. The quantitative estimate of drug-likeness (QED) is 0.466. The lowest BCUT2D eigenvalue weighted by molar-refractivity contribution is 0.577. The second kappa shape index (κ2) is 0.831. The van der Waals surface area contributed by atoms with Gasteiger partial charge < -0.3 is 5.43 Å². The highest BCUT2D eigenvalue weighted by Crippen LogP contribution is 2.39. The molecule has 0 atom stereocenters. The van der Waals surface area contributed by atoms with Crippen molar-refractivity contribution in [1.29, 1.82) is 0 Å². The van der Waals surface area contributed by atoms with Crippen LogP contribution in [0.3, 0.4) is 0 Å². The summed E-state index contributed by atoms with van der Waals surface area (Å²) in [5.41, 5.74) is 3.55. The summed E-state index contributed by atoms with van der Waals surface area (Å²) in [5, 5.41) is 3.92. The minimum atomic E-state index is 0.472. The summed E-state index contributed by atoms with van der Waals surface area (Å²) in [7, 11) is 0. The Morgan fingerprint density at radius 2 is 2.43 bits per heavy atom. The van der Waals surface area contributed by atoms with Crippen molar-refractivity contribution in [1.82, 2.24) is 5.43 Å². The van der Waals surface area contributed by atoms with Crippen LogP contribution in [0.4, 0.5) is 0 Å². The van der Waals surface area contributed by atoms with Gasteiger partial charge in [-0.2, -0.15) is 5.10 Å². The van der Waals surface area contributed by atoms with Crippen LogP contribution in [0.2, 0.25) is 0 Å². The van der Waals surface area contributed by atoms with E-state index in [4.69, 9.17) is 0 Å². The van der Waals surface area contributed by atoms with Crippen LogP contribution >= 0.6 is 0 Å². The predicted molar refractivity (Wildman–Crippen MR) is 28.2 cm³/mol. The number of nitrogens with one attached hydrogen (secondary N) is 1. The maximum Gasteiger partial charge on any atom is 0.0600 e. The smallest absolute Gasteiger partial charge is 0.0600 e. The van der Waals surface area contributed by atoms with Crippen molar-refractivity contribution >= 4 is 6.21 Å². The molecule has 2 nitrogen and oxygen atoms in total.